The van der Waals surface area contributed by atoms with Crippen molar-refractivity contribution in [2.45, 2.75) is 77.3 Å². The molecule has 0 aliphatic heterocycles. The molecular weight excluding hydrogens is 258 g/mol. The molecule has 1 aliphatic rings. The number of hydrogen-bond donors (Lipinski definition) is 1. The lowest BCUT2D eigenvalue weighted by molar-refractivity contribution is 0.0941. The van der Waals surface area contributed by atoms with Crippen molar-refractivity contribution in [2.75, 3.05) is 0 Å². The third-order valence-corrected chi connectivity index (χ3v) is 4.63. The van der Waals surface area contributed by atoms with E-state index in [0.29, 0.717) is 6.04 Å². The first-order chi connectivity index (χ1) is 10.2. The average Bonchev–Trinajstić information content (AvgIpc) is 2.49. The summed E-state index contributed by atoms with van der Waals surface area (Å²) in [5, 5.41) is 3.56. The first-order valence-electron chi connectivity index (χ1n) is 8.60. The van der Waals surface area contributed by atoms with Crippen LogP contribution in [0.15, 0.2) is 24.3 Å². The fourth-order valence-corrected chi connectivity index (χ4v) is 3.21. The molecule has 0 amide bonds. The first kappa shape index (κ1) is 16.2. The van der Waals surface area contributed by atoms with Gasteiger partial charge in [0.05, 0.1) is 6.04 Å². The Balaban J connectivity index is 1.91. The Labute approximate surface area is 129 Å². The zero-order valence-corrected chi connectivity index (χ0v) is 13.5. The summed E-state index contributed by atoms with van der Waals surface area (Å²) in [6.45, 7) is 4.14. The molecule has 1 unspecified atom stereocenters. The second kappa shape index (κ2) is 8.33. The second-order valence-electron chi connectivity index (χ2n) is 6.35. The number of carbonyl (C=O) groups is 1. The van der Waals surface area contributed by atoms with Gasteiger partial charge in [-0.2, -0.15) is 0 Å². The fraction of sp³-hybridized carbons (Fsp3) is 0.632. The van der Waals surface area contributed by atoms with Crippen molar-refractivity contribution in [2.24, 2.45) is 0 Å². The lowest BCUT2D eigenvalue weighted by Crippen LogP contribution is -2.41. The zero-order valence-electron chi connectivity index (χ0n) is 13.5. The highest BCUT2D eigenvalue weighted by Crippen LogP contribution is 2.18. The molecule has 1 fully saturated rings. The monoisotopic (exact) mass is 287 g/mol. The van der Waals surface area contributed by atoms with Crippen LogP contribution in [0.4, 0.5) is 0 Å². The quantitative estimate of drug-likeness (QED) is 0.807. The van der Waals surface area contributed by atoms with Crippen LogP contribution in [0.5, 0.6) is 0 Å². The standard InChI is InChI=1S/C19H29NO/c1-3-16-11-13-17(14-12-16)19(21)15(2)20-18-9-7-5-4-6-8-10-18/h11-15,18,20H,3-10H2,1-2H3. The molecule has 2 heteroatoms. The first-order valence-corrected chi connectivity index (χ1v) is 8.60. The van der Waals surface area contributed by atoms with Gasteiger partial charge in [0, 0.05) is 11.6 Å². The predicted molar refractivity (Wildman–Crippen MR) is 88.9 cm³/mol. The Hall–Kier alpha value is -1.15. The van der Waals surface area contributed by atoms with Gasteiger partial charge in [-0.3, -0.25) is 4.79 Å². The van der Waals surface area contributed by atoms with E-state index in [9.17, 15) is 4.79 Å². The molecule has 0 spiro atoms. The molecule has 1 atom stereocenters. The number of Topliss-reactive ketones (excluding diaryl/α,β-unsaturated/α-hetero) is 1. The number of benzene rings is 1. The summed E-state index contributed by atoms with van der Waals surface area (Å²) >= 11 is 0. The van der Waals surface area contributed by atoms with E-state index in [1.165, 1.54) is 50.5 Å². The van der Waals surface area contributed by atoms with E-state index in [1.807, 2.05) is 19.1 Å². The number of aryl methyl sites for hydroxylation is 1. The molecule has 0 aromatic heterocycles. The second-order valence-corrected chi connectivity index (χ2v) is 6.35. The largest absolute Gasteiger partial charge is 0.305 e. The Morgan fingerprint density at radius 1 is 1.10 bits per heavy atom. The van der Waals surface area contributed by atoms with E-state index in [0.717, 1.165) is 12.0 Å². The highest BCUT2D eigenvalue weighted by atomic mass is 16.1. The van der Waals surface area contributed by atoms with Crippen LogP contribution < -0.4 is 5.32 Å². The van der Waals surface area contributed by atoms with E-state index in [2.05, 4.69) is 24.4 Å². The van der Waals surface area contributed by atoms with Gasteiger partial charge in [0.2, 0.25) is 0 Å². The molecule has 0 bridgehead atoms. The van der Waals surface area contributed by atoms with Crippen LogP contribution in [0.3, 0.4) is 0 Å². The average molecular weight is 287 g/mol. The smallest absolute Gasteiger partial charge is 0.179 e. The highest BCUT2D eigenvalue weighted by molar-refractivity contribution is 5.99. The van der Waals surface area contributed by atoms with Crippen LogP contribution in [0, 0.1) is 0 Å². The molecule has 1 aromatic rings. The maximum atomic E-state index is 12.5. The summed E-state index contributed by atoms with van der Waals surface area (Å²) in [6, 6.07) is 8.50. The summed E-state index contributed by atoms with van der Waals surface area (Å²) in [6.07, 6.45) is 10.1. The molecule has 2 rings (SSSR count). The summed E-state index contributed by atoms with van der Waals surface area (Å²) in [5.41, 5.74) is 2.12. The lowest BCUT2D eigenvalue weighted by atomic mass is 9.95. The summed E-state index contributed by atoms with van der Waals surface area (Å²) in [4.78, 5) is 12.5. The number of carbonyl (C=O) groups excluding carboxylic acids is 1. The minimum Gasteiger partial charge on any atom is -0.305 e. The van der Waals surface area contributed by atoms with Crippen molar-refractivity contribution in [1.29, 1.82) is 0 Å². The molecule has 0 radical (unpaired) electrons. The normalized spacial score (nSPS) is 18.8. The van der Waals surface area contributed by atoms with E-state index >= 15 is 0 Å². The molecule has 116 valence electrons. The summed E-state index contributed by atoms with van der Waals surface area (Å²) < 4.78 is 0. The molecule has 1 N–H and O–H groups in total. The Bertz CT molecular complexity index is 429. The van der Waals surface area contributed by atoms with E-state index < -0.39 is 0 Å². The van der Waals surface area contributed by atoms with Crippen LogP contribution in [0.25, 0.3) is 0 Å². The van der Waals surface area contributed by atoms with Crippen LogP contribution in [0.1, 0.15) is 74.7 Å². The van der Waals surface area contributed by atoms with Gasteiger partial charge >= 0.3 is 0 Å². The number of rotatable bonds is 5. The van der Waals surface area contributed by atoms with Crippen molar-refractivity contribution in [1.82, 2.24) is 5.32 Å². The van der Waals surface area contributed by atoms with Gasteiger partial charge < -0.3 is 5.32 Å². The van der Waals surface area contributed by atoms with Crippen molar-refractivity contribution in [3.63, 3.8) is 0 Å². The Morgan fingerprint density at radius 3 is 2.24 bits per heavy atom. The van der Waals surface area contributed by atoms with Crippen LogP contribution in [-0.4, -0.2) is 17.9 Å². The third kappa shape index (κ3) is 4.96. The predicted octanol–water partition coefficient (Wildman–Crippen LogP) is 4.52. The maximum Gasteiger partial charge on any atom is 0.179 e. The SMILES string of the molecule is CCc1ccc(C(=O)C(C)NC2CCCCCCC2)cc1. The van der Waals surface area contributed by atoms with Gasteiger partial charge in [-0.1, -0.05) is 63.3 Å². The molecule has 1 aliphatic carbocycles. The van der Waals surface area contributed by atoms with Crippen molar-refractivity contribution in [3.8, 4) is 0 Å². The van der Waals surface area contributed by atoms with E-state index in [4.69, 9.17) is 0 Å². The molecule has 21 heavy (non-hydrogen) atoms. The number of nitrogens with one attached hydrogen (secondary N) is 1. The zero-order chi connectivity index (χ0) is 15.1. The van der Waals surface area contributed by atoms with Crippen molar-refractivity contribution >= 4 is 5.78 Å². The topological polar surface area (TPSA) is 29.1 Å². The molecule has 1 saturated carbocycles. The van der Waals surface area contributed by atoms with E-state index in [1.54, 1.807) is 0 Å². The summed E-state index contributed by atoms with van der Waals surface area (Å²) in [5.74, 6) is 0.222. The minimum atomic E-state index is -0.0816. The van der Waals surface area contributed by atoms with Crippen molar-refractivity contribution < 1.29 is 4.79 Å². The number of ketones is 1. The molecule has 1 aromatic carbocycles. The third-order valence-electron chi connectivity index (χ3n) is 4.63. The van der Waals surface area contributed by atoms with Gasteiger partial charge in [0.15, 0.2) is 5.78 Å². The van der Waals surface area contributed by atoms with Gasteiger partial charge in [-0.15, -0.1) is 0 Å². The van der Waals surface area contributed by atoms with Crippen LogP contribution in [0.2, 0.25) is 0 Å². The lowest BCUT2D eigenvalue weighted by Gasteiger charge is -2.24. The molecule has 2 nitrogen and oxygen atoms in total. The molecular formula is C19H29NO. The molecule has 0 saturated heterocycles. The van der Waals surface area contributed by atoms with Crippen LogP contribution >= 0.6 is 0 Å². The highest BCUT2D eigenvalue weighted by Gasteiger charge is 2.19. The van der Waals surface area contributed by atoms with E-state index in [-0.39, 0.29) is 11.8 Å². The van der Waals surface area contributed by atoms with Gasteiger partial charge in [-0.25, -0.2) is 0 Å². The van der Waals surface area contributed by atoms with Gasteiger partial charge in [-0.05, 0) is 31.7 Å². The van der Waals surface area contributed by atoms with Crippen molar-refractivity contribution in [3.05, 3.63) is 35.4 Å². The summed E-state index contributed by atoms with van der Waals surface area (Å²) in [7, 11) is 0. The van der Waals surface area contributed by atoms with Crippen LogP contribution in [-0.2, 0) is 6.42 Å². The Morgan fingerprint density at radius 2 is 1.67 bits per heavy atom. The fourth-order valence-electron chi connectivity index (χ4n) is 3.21. The molecule has 0 heterocycles. The maximum absolute atomic E-state index is 12.5. The Kier molecular flexibility index (Phi) is 6.44. The minimum absolute atomic E-state index is 0.0816. The number of hydrogen-bond acceptors (Lipinski definition) is 2. The van der Waals surface area contributed by atoms with Gasteiger partial charge in [0.25, 0.3) is 0 Å². The van der Waals surface area contributed by atoms with Gasteiger partial charge in [0.1, 0.15) is 0 Å².